The minimum Gasteiger partial charge on any atom is -0.349 e. The normalized spacial score (nSPS) is 15.4. The number of nitrogens with one attached hydrogen (secondary N) is 2. The zero-order valence-corrected chi connectivity index (χ0v) is 18.1. The molecule has 32 heavy (non-hydrogen) atoms. The first-order chi connectivity index (χ1) is 15.6. The first-order valence-corrected chi connectivity index (χ1v) is 11.6. The van der Waals surface area contributed by atoms with E-state index >= 15 is 0 Å². The summed E-state index contributed by atoms with van der Waals surface area (Å²) in [5.41, 5.74) is 1.33. The highest BCUT2D eigenvalue weighted by atomic mass is 32.2. The number of halogens is 1. The second-order valence-corrected chi connectivity index (χ2v) is 8.96. The van der Waals surface area contributed by atoms with Crippen LogP contribution in [0.2, 0.25) is 0 Å². The van der Waals surface area contributed by atoms with Crippen LogP contribution >= 0.6 is 11.8 Å². The van der Waals surface area contributed by atoms with Crippen LogP contribution in [0.25, 0.3) is 11.4 Å². The Morgan fingerprint density at radius 1 is 1.03 bits per heavy atom. The molecule has 5 rings (SSSR count). The minimum atomic E-state index is -0.350. The monoisotopic (exact) mass is 451 g/mol. The first-order valence-electron chi connectivity index (χ1n) is 10.6. The molecule has 0 aliphatic heterocycles. The van der Waals surface area contributed by atoms with Crippen LogP contribution in [-0.2, 0) is 4.79 Å². The lowest BCUT2D eigenvalue weighted by Gasteiger charge is -2.12. The number of hydrogen-bond acceptors (Lipinski definition) is 5. The Hall–Kier alpha value is -3.20. The van der Waals surface area contributed by atoms with Crippen LogP contribution in [0.4, 0.5) is 10.1 Å². The number of amides is 2. The fraction of sp³-hybridized carbons (Fsp3) is 0.304. The van der Waals surface area contributed by atoms with E-state index in [1.165, 1.54) is 17.8 Å². The zero-order chi connectivity index (χ0) is 22.1. The summed E-state index contributed by atoms with van der Waals surface area (Å²) >= 11 is 1.25. The van der Waals surface area contributed by atoms with E-state index in [0.29, 0.717) is 27.8 Å². The summed E-state index contributed by atoms with van der Waals surface area (Å²) in [7, 11) is 0. The number of para-hydroxylation sites is 1. The van der Waals surface area contributed by atoms with Gasteiger partial charge in [0.15, 0.2) is 11.0 Å². The average Bonchev–Trinajstić information content (AvgIpc) is 3.73. The Bertz CT molecular complexity index is 1170. The summed E-state index contributed by atoms with van der Waals surface area (Å²) in [6.45, 7) is 0. The molecule has 9 heteroatoms. The van der Waals surface area contributed by atoms with Gasteiger partial charge in [-0.15, -0.1) is 10.2 Å². The standard InChI is InChI=1S/C23H22FN5O2S/c24-18-7-3-1-5-16(18)21-27-28-23(29(21)15-11-12-15)32-13-20(30)26-19-8-4-2-6-17(19)22(31)25-14-9-10-14/h1-8,14-15H,9-13H2,(H,25,31)(H,26,30). The van der Waals surface area contributed by atoms with Crippen molar-refractivity contribution in [2.24, 2.45) is 0 Å². The average molecular weight is 452 g/mol. The van der Waals surface area contributed by atoms with Gasteiger partial charge in [0.2, 0.25) is 5.91 Å². The van der Waals surface area contributed by atoms with Gasteiger partial charge in [-0.25, -0.2) is 4.39 Å². The first kappa shape index (κ1) is 20.7. The molecule has 2 amide bonds. The zero-order valence-electron chi connectivity index (χ0n) is 17.3. The molecule has 2 N–H and O–H groups in total. The molecular weight excluding hydrogens is 429 g/mol. The number of benzene rings is 2. The Morgan fingerprint density at radius 2 is 1.78 bits per heavy atom. The van der Waals surface area contributed by atoms with Crippen molar-refractivity contribution in [3.63, 3.8) is 0 Å². The summed E-state index contributed by atoms with van der Waals surface area (Å²) in [5.74, 6) is -0.202. The van der Waals surface area contributed by atoms with Crippen molar-refractivity contribution in [1.82, 2.24) is 20.1 Å². The molecule has 0 spiro atoms. The van der Waals surface area contributed by atoms with Crippen molar-refractivity contribution in [3.05, 3.63) is 59.9 Å². The highest BCUT2D eigenvalue weighted by Crippen LogP contribution is 2.41. The summed E-state index contributed by atoms with van der Waals surface area (Å²) in [6.07, 6.45) is 3.94. The van der Waals surface area contributed by atoms with Crippen LogP contribution in [0.1, 0.15) is 42.1 Å². The number of carbonyl (C=O) groups excluding carboxylic acids is 2. The van der Waals surface area contributed by atoms with Gasteiger partial charge in [-0.05, 0) is 49.9 Å². The molecule has 164 valence electrons. The van der Waals surface area contributed by atoms with Crippen LogP contribution in [0.5, 0.6) is 0 Å². The number of hydrogen-bond donors (Lipinski definition) is 2. The predicted molar refractivity (Wildman–Crippen MR) is 120 cm³/mol. The molecule has 0 saturated heterocycles. The molecule has 2 aromatic carbocycles. The van der Waals surface area contributed by atoms with Gasteiger partial charge in [-0.1, -0.05) is 36.0 Å². The van der Waals surface area contributed by atoms with Gasteiger partial charge in [-0.3, -0.25) is 14.2 Å². The molecule has 7 nitrogen and oxygen atoms in total. The third kappa shape index (κ3) is 4.52. The molecular formula is C23H22FN5O2S. The summed E-state index contributed by atoms with van der Waals surface area (Å²) in [4.78, 5) is 25.1. The number of rotatable bonds is 8. The van der Waals surface area contributed by atoms with E-state index in [2.05, 4.69) is 20.8 Å². The molecule has 0 unspecified atom stereocenters. The Balaban J connectivity index is 1.28. The second-order valence-electron chi connectivity index (χ2n) is 8.02. The predicted octanol–water partition coefficient (Wildman–Crippen LogP) is 4.04. The van der Waals surface area contributed by atoms with E-state index in [-0.39, 0.29) is 35.5 Å². The highest BCUT2D eigenvalue weighted by Gasteiger charge is 2.31. The van der Waals surface area contributed by atoms with E-state index in [1.807, 2.05) is 4.57 Å². The number of nitrogens with zero attached hydrogens (tertiary/aromatic N) is 3. The van der Waals surface area contributed by atoms with E-state index in [9.17, 15) is 14.0 Å². The maximum absolute atomic E-state index is 14.3. The Labute approximate surface area is 188 Å². The number of carbonyl (C=O) groups is 2. The number of anilines is 1. The molecule has 0 radical (unpaired) electrons. The van der Waals surface area contributed by atoms with Gasteiger partial charge >= 0.3 is 0 Å². The van der Waals surface area contributed by atoms with Crippen LogP contribution in [0.3, 0.4) is 0 Å². The Kier molecular flexibility index (Phi) is 5.65. The molecule has 1 aromatic heterocycles. The molecule has 1 heterocycles. The van der Waals surface area contributed by atoms with Crippen LogP contribution in [-0.4, -0.2) is 38.4 Å². The molecule has 0 bridgehead atoms. The summed E-state index contributed by atoms with van der Waals surface area (Å²) in [5, 5.41) is 14.8. The Morgan fingerprint density at radius 3 is 2.53 bits per heavy atom. The van der Waals surface area contributed by atoms with Crippen molar-refractivity contribution in [3.8, 4) is 11.4 Å². The lowest BCUT2D eigenvalue weighted by molar-refractivity contribution is -0.113. The fourth-order valence-corrected chi connectivity index (χ4v) is 4.27. The second kappa shape index (κ2) is 8.74. The van der Waals surface area contributed by atoms with Gasteiger partial charge in [-0.2, -0.15) is 0 Å². The van der Waals surface area contributed by atoms with Crippen molar-refractivity contribution in [1.29, 1.82) is 0 Å². The number of aromatic nitrogens is 3. The maximum Gasteiger partial charge on any atom is 0.253 e. The van der Waals surface area contributed by atoms with Crippen LogP contribution in [0, 0.1) is 5.82 Å². The maximum atomic E-state index is 14.3. The molecule has 2 aliphatic rings. The van der Waals surface area contributed by atoms with Crippen molar-refractivity contribution in [2.75, 3.05) is 11.1 Å². The molecule has 3 aromatic rings. The molecule has 2 aliphatic carbocycles. The fourth-order valence-electron chi connectivity index (χ4n) is 3.46. The van der Waals surface area contributed by atoms with Gasteiger partial charge in [0, 0.05) is 12.1 Å². The largest absolute Gasteiger partial charge is 0.349 e. The molecule has 2 saturated carbocycles. The van der Waals surface area contributed by atoms with Crippen molar-refractivity contribution < 1.29 is 14.0 Å². The van der Waals surface area contributed by atoms with Crippen molar-refractivity contribution >= 4 is 29.3 Å². The van der Waals surface area contributed by atoms with E-state index in [0.717, 1.165) is 25.7 Å². The van der Waals surface area contributed by atoms with Crippen molar-refractivity contribution in [2.45, 2.75) is 42.9 Å². The number of thioether (sulfide) groups is 1. The molecule has 2 fully saturated rings. The lowest BCUT2D eigenvalue weighted by Crippen LogP contribution is -2.27. The van der Waals surface area contributed by atoms with Gasteiger partial charge in [0.1, 0.15) is 5.82 Å². The topological polar surface area (TPSA) is 88.9 Å². The summed E-state index contributed by atoms with van der Waals surface area (Å²) < 4.78 is 16.2. The van der Waals surface area contributed by atoms with Crippen LogP contribution in [0.15, 0.2) is 53.7 Å². The van der Waals surface area contributed by atoms with Crippen LogP contribution < -0.4 is 10.6 Å². The SMILES string of the molecule is O=C(CSc1nnc(-c2ccccc2F)n1C1CC1)Nc1ccccc1C(=O)NC1CC1. The smallest absolute Gasteiger partial charge is 0.253 e. The van der Waals surface area contributed by atoms with E-state index < -0.39 is 0 Å². The van der Waals surface area contributed by atoms with E-state index in [4.69, 9.17) is 0 Å². The minimum absolute atomic E-state index is 0.0979. The van der Waals surface area contributed by atoms with Gasteiger partial charge < -0.3 is 10.6 Å². The third-order valence-electron chi connectivity index (χ3n) is 5.38. The highest BCUT2D eigenvalue weighted by molar-refractivity contribution is 7.99. The molecule has 0 atom stereocenters. The van der Waals surface area contributed by atoms with Gasteiger partial charge in [0.05, 0.1) is 22.6 Å². The quantitative estimate of drug-likeness (QED) is 0.505. The third-order valence-corrected chi connectivity index (χ3v) is 6.33. The van der Waals surface area contributed by atoms with E-state index in [1.54, 1.807) is 42.5 Å². The van der Waals surface area contributed by atoms with Gasteiger partial charge in [0.25, 0.3) is 5.91 Å². The lowest BCUT2D eigenvalue weighted by atomic mass is 10.1. The summed E-state index contributed by atoms with van der Waals surface area (Å²) in [6, 6.07) is 13.9.